The second-order valence-corrected chi connectivity index (χ2v) is 7.45. The molecule has 0 spiro atoms. The topological polar surface area (TPSA) is 49.4 Å². The summed E-state index contributed by atoms with van der Waals surface area (Å²) in [4.78, 5) is 0.135. The Morgan fingerprint density at radius 3 is 2.47 bits per heavy atom. The van der Waals surface area contributed by atoms with Crippen molar-refractivity contribution in [1.29, 1.82) is 0 Å². The standard InChI is InChI=1S/C13H19FN2O2S/c1-10-8-16(13(2,3)9-15-10)19(17,18)12-6-4-11(14)5-7-12/h4-7,10,15H,8-9H2,1-3H3. The third kappa shape index (κ3) is 2.80. The zero-order valence-electron chi connectivity index (χ0n) is 11.4. The van der Waals surface area contributed by atoms with Gasteiger partial charge in [0.25, 0.3) is 0 Å². The van der Waals surface area contributed by atoms with Gasteiger partial charge in [-0.1, -0.05) is 0 Å². The molecule has 0 bridgehead atoms. The monoisotopic (exact) mass is 286 g/mol. The highest BCUT2D eigenvalue weighted by Crippen LogP contribution is 2.27. The van der Waals surface area contributed by atoms with Crippen LogP contribution in [0, 0.1) is 5.82 Å². The van der Waals surface area contributed by atoms with Gasteiger partial charge in [-0.2, -0.15) is 4.31 Å². The van der Waals surface area contributed by atoms with Crippen molar-refractivity contribution in [2.75, 3.05) is 13.1 Å². The zero-order chi connectivity index (χ0) is 14.3. The van der Waals surface area contributed by atoms with Gasteiger partial charge >= 0.3 is 0 Å². The minimum Gasteiger partial charge on any atom is -0.311 e. The molecule has 2 rings (SSSR count). The summed E-state index contributed by atoms with van der Waals surface area (Å²) in [6, 6.07) is 5.07. The third-order valence-electron chi connectivity index (χ3n) is 3.40. The van der Waals surface area contributed by atoms with Gasteiger partial charge in [0, 0.05) is 24.7 Å². The Labute approximate surface area is 113 Å². The summed E-state index contributed by atoms with van der Waals surface area (Å²) in [5, 5.41) is 3.27. The maximum absolute atomic E-state index is 12.9. The first-order valence-electron chi connectivity index (χ1n) is 6.25. The van der Waals surface area contributed by atoms with Crippen LogP contribution in [0.15, 0.2) is 29.2 Å². The van der Waals surface area contributed by atoms with Gasteiger partial charge in [-0.05, 0) is 45.0 Å². The lowest BCUT2D eigenvalue weighted by Gasteiger charge is -2.44. The van der Waals surface area contributed by atoms with Crippen molar-refractivity contribution < 1.29 is 12.8 Å². The number of halogens is 1. The Hall–Kier alpha value is -0.980. The van der Waals surface area contributed by atoms with E-state index in [0.29, 0.717) is 13.1 Å². The Morgan fingerprint density at radius 2 is 1.89 bits per heavy atom. The van der Waals surface area contributed by atoms with E-state index < -0.39 is 21.4 Å². The summed E-state index contributed by atoms with van der Waals surface area (Å²) >= 11 is 0. The van der Waals surface area contributed by atoms with E-state index in [0.717, 1.165) is 0 Å². The van der Waals surface area contributed by atoms with Crippen molar-refractivity contribution in [3.8, 4) is 0 Å². The lowest BCUT2D eigenvalue weighted by molar-refractivity contribution is 0.158. The van der Waals surface area contributed by atoms with Crippen LogP contribution in [0.5, 0.6) is 0 Å². The average Bonchev–Trinajstić information content (AvgIpc) is 2.33. The highest BCUT2D eigenvalue weighted by molar-refractivity contribution is 7.89. The van der Waals surface area contributed by atoms with Gasteiger partial charge in [0.1, 0.15) is 5.82 Å². The predicted octanol–water partition coefficient (Wildman–Crippen LogP) is 1.59. The molecule has 1 heterocycles. The van der Waals surface area contributed by atoms with Crippen molar-refractivity contribution in [2.24, 2.45) is 0 Å². The van der Waals surface area contributed by atoms with Gasteiger partial charge in [0.2, 0.25) is 10.0 Å². The number of nitrogens with one attached hydrogen (secondary N) is 1. The summed E-state index contributed by atoms with van der Waals surface area (Å²) in [7, 11) is -3.59. The highest BCUT2D eigenvalue weighted by atomic mass is 32.2. The minimum atomic E-state index is -3.59. The van der Waals surface area contributed by atoms with Crippen LogP contribution in [0.1, 0.15) is 20.8 Å². The smallest absolute Gasteiger partial charge is 0.243 e. The molecular weight excluding hydrogens is 267 g/mol. The summed E-state index contributed by atoms with van der Waals surface area (Å²) in [6.45, 7) is 6.71. The van der Waals surface area contributed by atoms with Crippen LogP contribution >= 0.6 is 0 Å². The molecule has 1 atom stereocenters. The number of piperazine rings is 1. The molecule has 1 N–H and O–H groups in total. The molecular formula is C13H19FN2O2S. The largest absolute Gasteiger partial charge is 0.311 e. The molecule has 106 valence electrons. The number of rotatable bonds is 2. The van der Waals surface area contributed by atoms with Gasteiger partial charge in [-0.15, -0.1) is 0 Å². The summed E-state index contributed by atoms with van der Waals surface area (Å²) in [5.74, 6) is -0.438. The first-order chi connectivity index (χ1) is 8.73. The van der Waals surface area contributed by atoms with E-state index in [2.05, 4.69) is 5.32 Å². The van der Waals surface area contributed by atoms with Crippen molar-refractivity contribution in [2.45, 2.75) is 37.2 Å². The lowest BCUT2D eigenvalue weighted by atomic mass is 10.0. The van der Waals surface area contributed by atoms with E-state index in [4.69, 9.17) is 0 Å². The highest BCUT2D eigenvalue weighted by Gasteiger charge is 2.40. The fraction of sp³-hybridized carbons (Fsp3) is 0.538. The van der Waals surface area contributed by atoms with Crippen molar-refractivity contribution in [3.63, 3.8) is 0 Å². The normalized spacial score (nSPS) is 24.3. The lowest BCUT2D eigenvalue weighted by Crippen LogP contribution is -2.62. The zero-order valence-corrected chi connectivity index (χ0v) is 12.2. The van der Waals surface area contributed by atoms with Gasteiger partial charge in [0.05, 0.1) is 4.90 Å². The Balaban J connectivity index is 2.40. The maximum atomic E-state index is 12.9. The maximum Gasteiger partial charge on any atom is 0.243 e. The predicted molar refractivity (Wildman–Crippen MR) is 71.8 cm³/mol. The Morgan fingerprint density at radius 1 is 1.32 bits per heavy atom. The molecule has 1 fully saturated rings. The molecule has 0 saturated carbocycles. The van der Waals surface area contributed by atoms with Crippen molar-refractivity contribution in [1.82, 2.24) is 9.62 Å². The number of hydrogen-bond acceptors (Lipinski definition) is 3. The molecule has 1 saturated heterocycles. The quantitative estimate of drug-likeness (QED) is 0.898. The van der Waals surface area contributed by atoms with Gasteiger partial charge in [-0.3, -0.25) is 0 Å². The van der Waals surface area contributed by atoms with Crippen LogP contribution in [0.25, 0.3) is 0 Å². The van der Waals surface area contributed by atoms with Gasteiger partial charge in [-0.25, -0.2) is 12.8 Å². The van der Waals surface area contributed by atoms with E-state index >= 15 is 0 Å². The SMILES string of the molecule is CC1CN(S(=O)(=O)c2ccc(F)cc2)C(C)(C)CN1. The number of sulfonamides is 1. The second kappa shape index (κ2) is 4.85. The fourth-order valence-electron chi connectivity index (χ4n) is 2.23. The molecule has 1 aromatic rings. The summed E-state index contributed by atoms with van der Waals surface area (Å²) < 4.78 is 39.7. The first-order valence-corrected chi connectivity index (χ1v) is 7.69. The van der Waals surface area contributed by atoms with E-state index in [1.807, 2.05) is 20.8 Å². The molecule has 1 aliphatic rings. The van der Waals surface area contributed by atoms with Gasteiger partial charge in [0.15, 0.2) is 0 Å². The van der Waals surface area contributed by atoms with Crippen LogP contribution < -0.4 is 5.32 Å². The molecule has 1 aliphatic heterocycles. The average molecular weight is 286 g/mol. The molecule has 0 radical (unpaired) electrons. The van der Waals surface area contributed by atoms with Crippen LogP contribution in [0.2, 0.25) is 0 Å². The number of benzene rings is 1. The van der Waals surface area contributed by atoms with E-state index in [1.165, 1.54) is 28.6 Å². The molecule has 0 aliphatic carbocycles. The summed E-state index contributed by atoms with van der Waals surface area (Å²) in [5.41, 5.74) is -0.500. The first kappa shape index (κ1) is 14.4. The molecule has 4 nitrogen and oxygen atoms in total. The fourth-order valence-corrected chi connectivity index (χ4v) is 4.10. The van der Waals surface area contributed by atoms with Crippen LogP contribution in [0.3, 0.4) is 0 Å². The molecule has 0 amide bonds. The van der Waals surface area contributed by atoms with Crippen LogP contribution in [-0.4, -0.2) is 37.4 Å². The van der Waals surface area contributed by atoms with Crippen LogP contribution in [-0.2, 0) is 10.0 Å². The van der Waals surface area contributed by atoms with E-state index in [-0.39, 0.29) is 10.9 Å². The molecule has 6 heteroatoms. The molecule has 1 unspecified atom stereocenters. The third-order valence-corrected chi connectivity index (χ3v) is 5.49. The molecule has 19 heavy (non-hydrogen) atoms. The Kier molecular flexibility index (Phi) is 3.68. The molecule has 1 aromatic carbocycles. The van der Waals surface area contributed by atoms with Gasteiger partial charge < -0.3 is 5.32 Å². The second-order valence-electron chi connectivity index (χ2n) is 5.58. The Bertz CT molecular complexity index is 555. The molecule has 0 aromatic heterocycles. The van der Waals surface area contributed by atoms with E-state index in [9.17, 15) is 12.8 Å². The number of nitrogens with zero attached hydrogens (tertiary/aromatic N) is 1. The van der Waals surface area contributed by atoms with Crippen LogP contribution in [0.4, 0.5) is 4.39 Å². The van der Waals surface area contributed by atoms with Crippen molar-refractivity contribution >= 4 is 10.0 Å². The van der Waals surface area contributed by atoms with E-state index in [1.54, 1.807) is 0 Å². The number of hydrogen-bond donors (Lipinski definition) is 1. The summed E-state index contributed by atoms with van der Waals surface area (Å²) in [6.07, 6.45) is 0. The van der Waals surface area contributed by atoms with Crippen molar-refractivity contribution in [3.05, 3.63) is 30.1 Å². The minimum absolute atomic E-state index is 0.100.